The number of amides is 1. The Bertz CT molecular complexity index is 677. The predicted octanol–water partition coefficient (Wildman–Crippen LogP) is 2.30. The average molecular weight is 375 g/mol. The molecule has 0 radical (unpaired) electrons. The monoisotopic (exact) mass is 375 g/mol. The first-order valence-corrected chi connectivity index (χ1v) is 7.97. The number of piperidine rings is 1. The van der Waals surface area contributed by atoms with Crippen LogP contribution in [-0.4, -0.2) is 52.0 Å². The van der Waals surface area contributed by atoms with Crippen molar-refractivity contribution in [3.63, 3.8) is 0 Å². The Labute approximate surface area is 148 Å². The third kappa shape index (κ3) is 4.27. The third-order valence-electron chi connectivity index (χ3n) is 4.62. The number of likely N-dealkylation sites (tertiary alicyclic amines) is 1. The molecule has 1 amide bonds. The fourth-order valence-corrected chi connectivity index (χ4v) is 2.89. The van der Waals surface area contributed by atoms with Crippen LogP contribution in [0.5, 0.6) is 5.75 Å². The Balaban J connectivity index is 2.09. The molecule has 9 heteroatoms. The zero-order chi connectivity index (χ0) is 19.8. The van der Waals surface area contributed by atoms with Gasteiger partial charge in [0.05, 0.1) is 5.41 Å². The van der Waals surface area contributed by atoms with Gasteiger partial charge in [-0.25, -0.2) is 4.79 Å². The van der Waals surface area contributed by atoms with Crippen molar-refractivity contribution in [1.29, 1.82) is 0 Å². The van der Waals surface area contributed by atoms with Crippen molar-refractivity contribution < 1.29 is 37.7 Å². The molecule has 144 valence electrons. The summed E-state index contributed by atoms with van der Waals surface area (Å²) in [6, 6.07) is 5.04. The zero-order valence-electron chi connectivity index (χ0n) is 14.3. The molecule has 1 heterocycles. The van der Waals surface area contributed by atoms with Gasteiger partial charge in [-0.05, 0) is 31.5 Å². The second-order valence-corrected chi connectivity index (χ2v) is 6.83. The number of halogens is 3. The number of nitrogens with zero attached hydrogens (tertiary/aromatic N) is 1. The summed E-state index contributed by atoms with van der Waals surface area (Å²) in [6.45, 7) is 3.43. The second kappa shape index (κ2) is 6.79. The Morgan fingerprint density at radius 2 is 1.62 bits per heavy atom. The van der Waals surface area contributed by atoms with Gasteiger partial charge in [-0.2, -0.15) is 0 Å². The topological polar surface area (TPSA) is 87.1 Å². The molecule has 0 saturated carbocycles. The lowest BCUT2D eigenvalue weighted by atomic mass is 9.82. The number of ether oxygens (including phenoxy) is 1. The van der Waals surface area contributed by atoms with Gasteiger partial charge < -0.3 is 19.8 Å². The number of benzene rings is 1. The van der Waals surface area contributed by atoms with E-state index >= 15 is 0 Å². The van der Waals surface area contributed by atoms with E-state index in [-0.39, 0.29) is 37.6 Å². The lowest BCUT2D eigenvalue weighted by molar-refractivity contribution is -0.274. The molecule has 0 bridgehead atoms. The SMILES string of the molecule is CC(C)(C(=O)N1CCC(O)(C(=O)O)CC1)c1ccc(OC(F)(F)F)cc1. The van der Waals surface area contributed by atoms with E-state index in [4.69, 9.17) is 5.11 Å². The summed E-state index contributed by atoms with van der Waals surface area (Å²) in [7, 11) is 0. The highest BCUT2D eigenvalue weighted by Crippen LogP contribution is 2.31. The standard InChI is InChI=1S/C17H20F3NO5/c1-15(2,11-3-5-12(6-4-11)26-17(18,19)20)13(22)21-9-7-16(25,8-10-21)14(23)24/h3-6,25H,7-10H2,1-2H3,(H,23,24). The van der Waals surface area contributed by atoms with Crippen LogP contribution in [0.1, 0.15) is 32.3 Å². The van der Waals surface area contributed by atoms with Crippen molar-refractivity contribution in [1.82, 2.24) is 4.90 Å². The minimum absolute atomic E-state index is 0.0808. The van der Waals surface area contributed by atoms with Crippen LogP contribution >= 0.6 is 0 Å². The van der Waals surface area contributed by atoms with Gasteiger partial charge in [0.1, 0.15) is 5.75 Å². The molecule has 6 nitrogen and oxygen atoms in total. The van der Waals surface area contributed by atoms with E-state index in [0.717, 1.165) is 12.1 Å². The molecule has 2 rings (SSSR count). The maximum Gasteiger partial charge on any atom is 0.573 e. The van der Waals surface area contributed by atoms with Crippen molar-refractivity contribution in [2.45, 2.75) is 44.1 Å². The molecule has 1 saturated heterocycles. The van der Waals surface area contributed by atoms with Crippen LogP contribution in [-0.2, 0) is 15.0 Å². The molecule has 1 aliphatic rings. The van der Waals surface area contributed by atoms with Crippen molar-refractivity contribution in [3.8, 4) is 5.75 Å². The molecule has 1 fully saturated rings. The van der Waals surface area contributed by atoms with Crippen molar-refractivity contribution in [2.75, 3.05) is 13.1 Å². The Morgan fingerprint density at radius 3 is 2.04 bits per heavy atom. The smallest absolute Gasteiger partial charge is 0.479 e. The van der Waals surface area contributed by atoms with E-state index in [9.17, 15) is 27.9 Å². The summed E-state index contributed by atoms with van der Waals surface area (Å²) < 4.78 is 40.5. The predicted molar refractivity (Wildman–Crippen MR) is 84.6 cm³/mol. The van der Waals surface area contributed by atoms with E-state index in [1.807, 2.05) is 0 Å². The molecule has 26 heavy (non-hydrogen) atoms. The fourth-order valence-electron chi connectivity index (χ4n) is 2.89. The van der Waals surface area contributed by atoms with Crippen molar-refractivity contribution in [2.24, 2.45) is 0 Å². The summed E-state index contributed by atoms with van der Waals surface area (Å²) in [5.41, 5.74) is -2.37. The molecule has 2 N–H and O–H groups in total. The Hall–Kier alpha value is -2.29. The van der Waals surface area contributed by atoms with E-state index in [2.05, 4.69) is 4.74 Å². The molecule has 0 unspecified atom stereocenters. The van der Waals surface area contributed by atoms with Gasteiger partial charge in [0, 0.05) is 25.9 Å². The Morgan fingerprint density at radius 1 is 1.12 bits per heavy atom. The number of carboxylic acid groups (broad SMARTS) is 1. The van der Waals surface area contributed by atoms with E-state index in [0.29, 0.717) is 5.56 Å². The van der Waals surface area contributed by atoms with Gasteiger partial charge in [-0.1, -0.05) is 12.1 Å². The molecule has 0 spiro atoms. The molecule has 0 aliphatic carbocycles. The number of rotatable bonds is 4. The quantitative estimate of drug-likeness (QED) is 0.843. The summed E-state index contributed by atoms with van der Waals surface area (Å²) in [4.78, 5) is 25.3. The summed E-state index contributed by atoms with van der Waals surface area (Å²) >= 11 is 0. The number of carbonyl (C=O) groups excluding carboxylic acids is 1. The number of carbonyl (C=O) groups is 2. The minimum Gasteiger partial charge on any atom is -0.479 e. The molecule has 0 aromatic heterocycles. The minimum atomic E-state index is -4.79. The lowest BCUT2D eigenvalue weighted by Gasteiger charge is -2.39. The van der Waals surface area contributed by atoms with E-state index in [1.54, 1.807) is 13.8 Å². The highest BCUT2D eigenvalue weighted by atomic mass is 19.4. The van der Waals surface area contributed by atoms with E-state index in [1.165, 1.54) is 17.0 Å². The number of alkyl halides is 3. The van der Waals surface area contributed by atoms with Crippen molar-refractivity contribution in [3.05, 3.63) is 29.8 Å². The van der Waals surface area contributed by atoms with Gasteiger partial charge in [0.15, 0.2) is 5.60 Å². The largest absolute Gasteiger partial charge is 0.573 e. The number of hydrogen-bond acceptors (Lipinski definition) is 4. The van der Waals surface area contributed by atoms with Gasteiger partial charge in [-0.3, -0.25) is 4.79 Å². The van der Waals surface area contributed by atoms with Gasteiger partial charge in [-0.15, -0.1) is 13.2 Å². The van der Waals surface area contributed by atoms with Gasteiger partial charge >= 0.3 is 12.3 Å². The van der Waals surface area contributed by atoms with E-state index < -0.39 is 23.3 Å². The van der Waals surface area contributed by atoms with Crippen LogP contribution in [0.2, 0.25) is 0 Å². The molecular formula is C17H20F3NO5. The first-order chi connectivity index (χ1) is 11.8. The molecule has 1 aliphatic heterocycles. The van der Waals surface area contributed by atoms with Crippen molar-refractivity contribution >= 4 is 11.9 Å². The molecule has 1 aromatic rings. The second-order valence-electron chi connectivity index (χ2n) is 6.83. The van der Waals surface area contributed by atoms with Crippen LogP contribution in [0, 0.1) is 0 Å². The number of aliphatic hydroxyl groups is 1. The normalized spacial score (nSPS) is 17.7. The zero-order valence-corrected chi connectivity index (χ0v) is 14.3. The number of hydrogen-bond donors (Lipinski definition) is 2. The summed E-state index contributed by atoms with van der Waals surface area (Å²) in [5, 5.41) is 19.0. The molecule has 0 atom stereocenters. The van der Waals surface area contributed by atoms with Crippen LogP contribution < -0.4 is 4.74 Å². The van der Waals surface area contributed by atoms with Crippen LogP contribution in [0.15, 0.2) is 24.3 Å². The van der Waals surface area contributed by atoms with Gasteiger partial charge in [0.2, 0.25) is 5.91 Å². The molecule has 1 aromatic carbocycles. The third-order valence-corrected chi connectivity index (χ3v) is 4.62. The molecular weight excluding hydrogens is 355 g/mol. The highest BCUT2D eigenvalue weighted by Gasteiger charge is 2.43. The summed E-state index contributed by atoms with van der Waals surface area (Å²) in [5.74, 6) is -1.99. The van der Waals surface area contributed by atoms with Crippen LogP contribution in [0.3, 0.4) is 0 Å². The summed E-state index contributed by atoms with van der Waals surface area (Å²) in [6.07, 6.45) is -4.95. The fraction of sp³-hybridized carbons (Fsp3) is 0.529. The van der Waals surface area contributed by atoms with Crippen LogP contribution in [0.25, 0.3) is 0 Å². The Kier molecular flexibility index (Phi) is 5.23. The highest BCUT2D eigenvalue weighted by molar-refractivity contribution is 5.88. The number of aliphatic carboxylic acids is 1. The average Bonchev–Trinajstić information content (AvgIpc) is 2.54. The number of carboxylic acids is 1. The lowest BCUT2D eigenvalue weighted by Crippen LogP contribution is -2.54. The van der Waals surface area contributed by atoms with Crippen LogP contribution in [0.4, 0.5) is 13.2 Å². The maximum atomic E-state index is 12.8. The first kappa shape index (κ1) is 20.0. The maximum absolute atomic E-state index is 12.8. The first-order valence-electron chi connectivity index (χ1n) is 7.97. The van der Waals surface area contributed by atoms with Gasteiger partial charge in [0.25, 0.3) is 0 Å².